The average Bonchev–Trinajstić information content (AvgIpc) is 2.41. The zero-order chi connectivity index (χ0) is 13.8. The summed E-state index contributed by atoms with van der Waals surface area (Å²) < 4.78 is 2.38. The van der Waals surface area contributed by atoms with Gasteiger partial charge in [0, 0.05) is 32.4 Å². The number of aryl methyl sites for hydroxylation is 1. The van der Waals surface area contributed by atoms with Gasteiger partial charge in [0.25, 0.3) is 0 Å². The van der Waals surface area contributed by atoms with Crippen molar-refractivity contribution in [1.82, 2.24) is 10.3 Å². The highest BCUT2D eigenvalue weighted by Crippen LogP contribution is 2.27. The third-order valence-electron chi connectivity index (χ3n) is 3.20. The SMILES string of the molecule is CNC(Cc1ncccc1C)c1cc(I)ccc1Br. The van der Waals surface area contributed by atoms with Crippen molar-refractivity contribution in [3.63, 3.8) is 0 Å². The fourth-order valence-electron chi connectivity index (χ4n) is 2.07. The summed E-state index contributed by atoms with van der Waals surface area (Å²) in [6.45, 7) is 2.11. The van der Waals surface area contributed by atoms with E-state index in [1.54, 1.807) is 0 Å². The van der Waals surface area contributed by atoms with E-state index in [2.05, 4.69) is 80.0 Å². The minimum Gasteiger partial charge on any atom is -0.313 e. The summed E-state index contributed by atoms with van der Waals surface area (Å²) in [5.41, 5.74) is 3.66. The van der Waals surface area contributed by atoms with Crippen LogP contribution in [0, 0.1) is 10.5 Å². The molecule has 0 spiro atoms. The van der Waals surface area contributed by atoms with Crippen LogP contribution in [0.2, 0.25) is 0 Å². The molecular formula is C15H16BrIN2. The van der Waals surface area contributed by atoms with Crippen molar-refractivity contribution in [2.45, 2.75) is 19.4 Å². The van der Waals surface area contributed by atoms with Crippen molar-refractivity contribution in [2.24, 2.45) is 0 Å². The van der Waals surface area contributed by atoms with E-state index in [9.17, 15) is 0 Å². The number of pyridine rings is 1. The third-order valence-corrected chi connectivity index (χ3v) is 4.59. The van der Waals surface area contributed by atoms with E-state index in [1.165, 1.54) is 14.7 Å². The minimum atomic E-state index is 0.262. The molecule has 19 heavy (non-hydrogen) atoms. The highest BCUT2D eigenvalue weighted by atomic mass is 127. The quantitative estimate of drug-likeness (QED) is 0.733. The molecule has 0 amide bonds. The molecular weight excluding hydrogens is 415 g/mol. The highest BCUT2D eigenvalue weighted by Gasteiger charge is 2.15. The second-order valence-electron chi connectivity index (χ2n) is 4.48. The molecule has 100 valence electrons. The van der Waals surface area contributed by atoms with E-state index in [0.29, 0.717) is 0 Å². The number of nitrogens with zero attached hydrogens (tertiary/aromatic N) is 1. The molecule has 2 nitrogen and oxygen atoms in total. The Labute approximate surface area is 136 Å². The maximum absolute atomic E-state index is 4.49. The Morgan fingerprint density at radius 3 is 2.84 bits per heavy atom. The van der Waals surface area contributed by atoms with Crippen molar-refractivity contribution < 1.29 is 0 Å². The Kier molecular flexibility index (Phi) is 5.36. The normalized spacial score (nSPS) is 12.4. The Morgan fingerprint density at radius 2 is 2.16 bits per heavy atom. The molecule has 4 heteroatoms. The first-order valence-electron chi connectivity index (χ1n) is 6.14. The van der Waals surface area contributed by atoms with Gasteiger partial charge < -0.3 is 5.32 Å². The van der Waals surface area contributed by atoms with Gasteiger partial charge in [-0.3, -0.25) is 4.98 Å². The summed E-state index contributed by atoms with van der Waals surface area (Å²) in [6.07, 6.45) is 2.75. The summed E-state index contributed by atoms with van der Waals surface area (Å²) >= 11 is 5.99. The molecule has 0 aliphatic rings. The largest absolute Gasteiger partial charge is 0.313 e. The Morgan fingerprint density at radius 1 is 1.37 bits per heavy atom. The summed E-state index contributed by atoms with van der Waals surface area (Å²) in [5.74, 6) is 0. The van der Waals surface area contributed by atoms with Crippen molar-refractivity contribution >= 4 is 38.5 Å². The van der Waals surface area contributed by atoms with Crippen LogP contribution in [0.3, 0.4) is 0 Å². The number of aromatic nitrogens is 1. The number of likely N-dealkylation sites (N-methyl/N-ethyl adjacent to an activating group) is 1. The fraction of sp³-hybridized carbons (Fsp3) is 0.267. The van der Waals surface area contributed by atoms with Gasteiger partial charge in [-0.05, 0) is 72.0 Å². The number of rotatable bonds is 4. The predicted octanol–water partition coefficient (Wildman–Crippen LogP) is 4.26. The standard InChI is InChI=1S/C15H16BrIN2/c1-10-4-3-7-19-14(10)9-15(18-2)12-8-11(17)5-6-13(12)16/h3-8,15,18H,9H2,1-2H3. The topological polar surface area (TPSA) is 24.9 Å². The van der Waals surface area contributed by atoms with Crippen molar-refractivity contribution in [1.29, 1.82) is 0 Å². The third kappa shape index (κ3) is 3.77. The fourth-order valence-corrected chi connectivity index (χ4v) is 3.11. The number of nitrogens with one attached hydrogen (secondary N) is 1. The van der Waals surface area contributed by atoms with E-state index >= 15 is 0 Å². The molecule has 0 aliphatic carbocycles. The smallest absolute Gasteiger partial charge is 0.0451 e. The van der Waals surface area contributed by atoms with Gasteiger partial charge in [0.15, 0.2) is 0 Å². The molecule has 1 atom stereocenters. The zero-order valence-corrected chi connectivity index (χ0v) is 14.7. The monoisotopic (exact) mass is 430 g/mol. The lowest BCUT2D eigenvalue weighted by molar-refractivity contribution is 0.580. The van der Waals surface area contributed by atoms with Gasteiger partial charge in [0.05, 0.1) is 0 Å². The molecule has 0 saturated heterocycles. The number of halogens is 2. The second kappa shape index (κ2) is 6.81. The Bertz CT molecular complexity index is 572. The van der Waals surface area contributed by atoms with E-state index in [1.807, 2.05) is 19.3 Å². The van der Waals surface area contributed by atoms with Crippen molar-refractivity contribution in [2.75, 3.05) is 7.05 Å². The lowest BCUT2D eigenvalue weighted by atomic mass is 10.00. The summed E-state index contributed by atoms with van der Waals surface area (Å²) in [6, 6.07) is 10.8. The average molecular weight is 431 g/mol. The van der Waals surface area contributed by atoms with E-state index in [4.69, 9.17) is 0 Å². The summed E-state index contributed by atoms with van der Waals surface area (Å²) in [4.78, 5) is 4.49. The van der Waals surface area contributed by atoms with Crippen LogP contribution in [0.4, 0.5) is 0 Å². The Balaban J connectivity index is 2.30. The van der Waals surface area contributed by atoms with Gasteiger partial charge in [-0.25, -0.2) is 0 Å². The number of hydrogen-bond donors (Lipinski definition) is 1. The lowest BCUT2D eigenvalue weighted by Gasteiger charge is -2.19. The predicted molar refractivity (Wildman–Crippen MR) is 91.3 cm³/mol. The van der Waals surface area contributed by atoms with Gasteiger partial charge in [0.1, 0.15) is 0 Å². The molecule has 1 aromatic heterocycles. The van der Waals surface area contributed by atoms with Gasteiger partial charge in [-0.2, -0.15) is 0 Å². The molecule has 0 saturated carbocycles. The molecule has 0 fully saturated rings. The van der Waals surface area contributed by atoms with Crippen LogP contribution < -0.4 is 5.32 Å². The van der Waals surface area contributed by atoms with E-state index < -0.39 is 0 Å². The van der Waals surface area contributed by atoms with Gasteiger partial charge >= 0.3 is 0 Å². The van der Waals surface area contributed by atoms with Crippen LogP contribution in [0.1, 0.15) is 22.9 Å². The maximum Gasteiger partial charge on any atom is 0.0451 e. The van der Waals surface area contributed by atoms with Crippen molar-refractivity contribution in [3.8, 4) is 0 Å². The van der Waals surface area contributed by atoms with Crippen LogP contribution in [0.5, 0.6) is 0 Å². The molecule has 2 rings (SSSR count). The van der Waals surface area contributed by atoms with Gasteiger partial charge in [0.2, 0.25) is 0 Å². The minimum absolute atomic E-state index is 0.262. The van der Waals surface area contributed by atoms with Crippen molar-refractivity contribution in [3.05, 3.63) is 61.4 Å². The summed E-state index contributed by atoms with van der Waals surface area (Å²) in [7, 11) is 2.00. The van der Waals surface area contributed by atoms with Crippen LogP contribution in [-0.4, -0.2) is 12.0 Å². The first-order valence-corrected chi connectivity index (χ1v) is 8.01. The van der Waals surface area contributed by atoms with E-state index in [-0.39, 0.29) is 6.04 Å². The zero-order valence-electron chi connectivity index (χ0n) is 11.0. The maximum atomic E-state index is 4.49. The molecule has 2 aromatic rings. The highest BCUT2D eigenvalue weighted by molar-refractivity contribution is 14.1. The first-order chi connectivity index (χ1) is 9.11. The van der Waals surface area contributed by atoms with Gasteiger partial charge in [-0.1, -0.05) is 22.0 Å². The molecule has 0 radical (unpaired) electrons. The Hall–Kier alpha value is -0.460. The van der Waals surface area contributed by atoms with Crippen LogP contribution in [0.15, 0.2) is 41.0 Å². The molecule has 0 aliphatic heterocycles. The molecule has 0 bridgehead atoms. The van der Waals surface area contributed by atoms with Crippen LogP contribution >= 0.6 is 38.5 Å². The number of benzene rings is 1. The second-order valence-corrected chi connectivity index (χ2v) is 6.58. The van der Waals surface area contributed by atoms with Crippen LogP contribution in [0.25, 0.3) is 0 Å². The van der Waals surface area contributed by atoms with E-state index in [0.717, 1.165) is 16.6 Å². The molecule has 1 unspecified atom stereocenters. The lowest BCUT2D eigenvalue weighted by Crippen LogP contribution is -2.20. The molecule has 1 heterocycles. The molecule has 1 N–H and O–H groups in total. The number of hydrogen-bond acceptors (Lipinski definition) is 2. The van der Waals surface area contributed by atoms with Crippen LogP contribution in [-0.2, 0) is 6.42 Å². The molecule has 1 aromatic carbocycles. The first kappa shape index (κ1) is 14.9. The summed E-state index contributed by atoms with van der Waals surface area (Å²) in [5, 5.41) is 3.39. The van der Waals surface area contributed by atoms with Gasteiger partial charge in [-0.15, -0.1) is 0 Å².